The molecule has 1 aliphatic rings. The maximum absolute atomic E-state index is 12.0. The van der Waals surface area contributed by atoms with Gasteiger partial charge in [-0.2, -0.15) is 5.10 Å². The number of ether oxygens (including phenoxy) is 2. The number of anilines is 1. The van der Waals surface area contributed by atoms with Crippen molar-refractivity contribution in [3.63, 3.8) is 0 Å². The zero-order valence-corrected chi connectivity index (χ0v) is 18.8. The predicted octanol–water partition coefficient (Wildman–Crippen LogP) is 3.50. The van der Waals surface area contributed by atoms with Gasteiger partial charge in [-0.15, -0.1) is 0 Å². The van der Waals surface area contributed by atoms with Crippen LogP contribution in [0.25, 0.3) is 5.70 Å². The van der Waals surface area contributed by atoms with Gasteiger partial charge in [-0.05, 0) is 26.0 Å². The van der Waals surface area contributed by atoms with Crippen LogP contribution in [0.2, 0.25) is 0 Å². The lowest BCUT2D eigenvalue weighted by molar-refractivity contribution is 0.0815. The average molecular weight is 435 g/mol. The van der Waals surface area contributed by atoms with Crippen molar-refractivity contribution in [3.8, 4) is 17.2 Å². The number of hydrogen-bond acceptors (Lipinski definition) is 7. The maximum atomic E-state index is 12.0. The molecular formula is C23H26N6O3. The zero-order chi connectivity index (χ0) is 23.0. The number of benzene rings is 1. The smallest absolute Gasteiger partial charge is 0.291 e. The van der Waals surface area contributed by atoms with Crippen molar-refractivity contribution in [1.29, 1.82) is 0 Å². The highest BCUT2D eigenvalue weighted by Gasteiger charge is 2.33. The molecule has 0 fully saturated rings. The Hall–Kier alpha value is -3.88. The second-order valence-corrected chi connectivity index (χ2v) is 8.51. The summed E-state index contributed by atoms with van der Waals surface area (Å²) in [5.74, 6) is 2.32. The van der Waals surface area contributed by atoms with Crippen LogP contribution in [0.5, 0.6) is 17.2 Å². The lowest BCUT2D eigenvalue weighted by Gasteiger charge is -2.17. The number of carbonyl (C=O) groups excluding carboxylic acids is 1. The summed E-state index contributed by atoms with van der Waals surface area (Å²) in [6.07, 6.45) is 5.52. The first-order valence-corrected chi connectivity index (χ1v) is 10.1. The third-order valence-electron chi connectivity index (χ3n) is 4.95. The Morgan fingerprint density at radius 2 is 2.00 bits per heavy atom. The van der Waals surface area contributed by atoms with E-state index in [-0.39, 0.29) is 17.3 Å². The molecule has 0 unspecified atom stereocenters. The summed E-state index contributed by atoms with van der Waals surface area (Å²) in [5, 5.41) is 7.54. The minimum atomic E-state index is -0.354. The van der Waals surface area contributed by atoms with Crippen molar-refractivity contribution >= 4 is 17.4 Å². The van der Waals surface area contributed by atoms with E-state index in [2.05, 4.69) is 27.0 Å². The van der Waals surface area contributed by atoms with Crippen LogP contribution < -0.4 is 14.8 Å². The number of carbonyl (C=O) groups is 1. The third kappa shape index (κ3) is 4.41. The van der Waals surface area contributed by atoms with Gasteiger partial charge in [0.2, 0.25) is 5.82 Å². The summed E-state index contributed by atoms with van der Waals surface area (Å²) >= 11 is 0. The minimum absolute atomic E-state index is 0.110. The molecule has 3 aromatic rings. The molecule has 0 atom stereocenters. The molecule has 9 heteroatoms. The molecular weight excluding hydrogens is 408 g/mol. The molecule has 1 N–H and O–H groups in total. The highest BCUT2D eigenvalue weighted by Crippen LogP contribution is 2.43. The van der Waals surface area contributed by atoms with E-state index in [4.69, 9.17) is 9.47 Å². The molecule has 166 valence electrons. The zero-order valence-electron chi connectivity index (χ0n) is 18.8. The molecule has 0 aliphatic carbocycles. The van der Waals surface area contributed by atoms with Crippen molar-refractivity contribution in [2.75, 3.05) is 19.4 Å². The Bertz CT molecular complexity index is 1180. The predicted molar refractivity (Wildman–Crippen MR) is 121 cm³/mol. The molecule has 0 spiro atoms. The first kappa shape index (κ1) is 21.4. The molecule has 0 saturated heterocycles. The van der Waals surface area contributed by atoms with Gasteiger partial charge >= 0.3 is 0 Å². The van der Waals surface area contributed by atoms with Crippen molar-refractivity contribution in [1.82, 2.24) is 24.6 Å². The van der Waals surface area contributed by atoms with E-state index >= 15 is 0 Å². The topological polar surface area (TPSA) is 94.4 Å². The van der Waals surface area contributed by atoms with Crippen LogP contribution in [-0.4, -0.2) is 50.3 Å². The summed E-state index contributed by atoms with van der Waals surface area (Å²) in [4.78, 5) is 21.7. The van der Waals surface area contributed by atoms with Crippen LogP contribution in [0.4, 0.5) is 5.82 Å². The molecule has 32 heavy (non-hydrogen) atoms. The SMILES string of the molecule is C=C(Nc1ccn(C)n1)c1cc(Oc2cnc(C(=O)N(C)C)nc2)c2c(c1)OC(C)(C)C2. The van der Waals surface area contributed by atoms with Gasteiger partial charge < -0.3 is 19.7 Å². The Balaban J connectivity index is 1.63. The van der Waals surface area contributed by atoms with Gasteiger partial charge in [-0.1, -0.05) is 6.58 Å². The van der Waals surface area contributed by atoms with E-state index in [0.29, 0.717) is 29.4 Å². The number of nitrogens with zero attached hydrogens (tertiary/aromatic N) is 5. The summed E-state index contributed by atoms with van der Waals surface area (Å²) in [6, 6.07) is 5.72. The highest BCUT2D eigenvalue weighted by molar-refractivity contribution is 5.90. The van der Waals surface area contributed by atoms with E-state index in [1.165, 1.54) is 17.3 Å². The Morgan fingerprint density at radius 3 is 2.62 bits per heavy atom. The van der Waals surface area contributed by atoms with E-state index in [0.717, 1.165) is 16.9 Å². The van der Waals surface area contributed by atoms with Gasteiger partial charge in [0.25, 0.3) is 5.91 Å². The normalized spacial score (nSPS) is 13.8. The van der Waals surface area contributed by atoms with Crippen molar-refractivity contribution in [2.24, 2.45) is 7.05 Å². The Kier molecular flexibility index (Phi) is 5.33. The highest BCUT2D eigenvalue weighted by atomic mass is 16.5. The number of aromatic nitrogens is 4. The Morgan fingerprint density at radius 1 is 1.28 bits per heavy atom. The van der Waals surface area contributed by atoms with Crippen molar-refractivity contribution in [3.05, 3.63) is 60.3 Å². The van der Waals surface area contributed by atoms with Gasteiger partial charge in [0, 0.05) is 56.7 Å². The number of amides is 1. The summed E-state index contributed by atoms with van der Waals surface area (Å²) in [6.45, 7) is 8.21. The second-order valence-electron chi connectivity index (χ2n) is 8.51. The maximum Gasteiger partial charge on any atom is 0.291 e. The third-order valence-corrected chi connectivity index (χ3v) is 4.95. The number of aryl methyl sites for hydroxylation is 1. The number of rotatable bonds is 6. The molecule has 1 amide bonds. The van der Waals surface area contributed by atoms with Gasteiger partial charge in [0.15, 0.2) is 11.6 Å². The molecule has 0 radical (unpaired) electrons. The summed E-state index contributed by atoms with van der Waals surface area (Å²) in [7, 11) is 5.15. The quantitative estimate of drug-likeness (QED) is 0.634. The number of fused-ring (bicyclic) bond motifs is 1. The lowest BCUT2D eigenvalue weighted by Crippen LogP contribution is -2.24. The molecule has 0 saturated carbocycles. The van der Waals surface area contributed by atoms with Crippen LogP contribution in [0.15, 0.2) is 43.4 Å². The molecule has 0 bridgehead atoms. The minimum Gasteiger partial charge on any atom is -0.487 e. The first-order chi connectivity index (χ1) is 15.1. The van der Waals surface area contributed by atoms with Gasteiger partial charge in [0.1, 0.15) is 17.1 Å². The fourth-order valence-electron chi connectivity index (χ4n) is 3.42. The lowest BCUT2D eigenvalue weighted by atomic mass is 9.99. The van der Waals surface area contributed by atoms with Crippen molar-refractivity contribution in [2.45, 2.75) is 25.9 Å². The van der Waals surface area contributed by atoms with Crippen LogP contribution in [-0.2, 0) is 13.5 Å². The van der Waals surface area contributed by atoms with Crippen LogP contribution in [0.3, 0.4) is 0 Å². The van der Waals surface area contributed by atoms with E-state index < -0.39 is 0 Å². The van der Waals surface area contributed by atoms with E-state index in [9.17, 15) is 4.79 Å². The number of hydrogen-bond donors (Lipinski definition) is 1. The first-order valence-electron chi connectivity index (χ1n) is 10.1. The van der Waals surface area contributed by atoms with Gasteiger partial charge in [0.05, 0.1) is 12.4 Å². The molecule has 1 aliphatic heterocycles. The van der Waals surface area contributed by atoms with Crippen LogP contribution in [0.1, 0.15) is 35.6 Å². The molecule has 2 aromatic heterocycles. The van der Waals surface area contributed by atoms with Crippen LogP contribution >= 0.6 is 0 Å². The monoisotopic (exact) mass is 434 g/mol. The van der Waals surface area contributed by atoms with Crippen molar-refractivity contribution < 1.29 is 14.3 Å². The fourth-order valence-corrected chi connectivity index (χ4v) is 3.42. The summed E-state index contributed by atoms with van der Waals surface area (Å²) in [5.41, 5.74) is 2.07. The second kappa shape index (κ2) is 7.99. The Labute approximate surface area is 186 Å². The van der Waals surface area contributed by atoms with E-state index in [1.807, 2.05) is 45.3 Å². The standard InChI is InChI=1S/C23H26N6O3/c1-14(26-20-7-8-29(6)27-20)15-9-18(17-11-23(2,3)32-19(17)10-15)31-16-12-24-21(25-13-16)22(30)28(4)5/h7-10,12-13H,1,11H2,2-6H3,(H,26,27). The summed E-state index contributed by atoms with van der Waals surface area (Å²) < 4.78 is 14.0. The average Bonchev–Trinajstić information content (AvgIpc) is 3.28. The van der Waals surface area contributed by atoms with Gasteiger partial charge in [-0.3, -0.25) is 9.48 Å². The fraction of sp³-hybridized carbons (Fsp3) is 0.304. The largest absolute Gasteiger partial charge is 0.487 e. The molecule has 1 aromatic carbocycles. The van der Waals surface area contributed by atoms with Gasteiger partial charge in [-0.25, -0.2) is 9.97 Å². The molecule has 4 rings (SSSR count). The number of nitrogens with one attached hydrogen (secondary N) is 1. The van der Waals surface area contributed by atoms with Crippen LogP contribution in [0, 0.1) is 0 Å². The van der Waals surface area contributed by atoms with E-state index in [1.54, 1.807) is 18.8 Å². The molecule has 3 heterocycles. The molecule has 9 nitrogen and oxygen atoms in total.